The Morgan fingerprint density at radius 1 is 1.23 bits per heavy atom. The van der Waals surface area contributed by atoms with Crippen molar-refractivity contribution in [3.05, 3.63) is 51.7 Å². The van der Waals surface area contributed by atoms with Crippen LogP contribution in [0.5, 0.6) is 0 Å². The van der Waals surface area contributed by atoms with E-state index < -0.39 is 0 Å². The molecule has 2 aromatic heterocycles. The Kier molecular flexibility index (Phi) is 6.29. The maximum Gasteiger partial charge on any atom is 0.233 e. The molecule has 0 radical (unpaired) electrons. The second-order valence-electron chi connectivity index (χ2n) is 5.86. The van der Waals surface area contributed by atoms with Crippen LogP contribution in [0, 0.1) is 13.8 Å². The van der Waals surface area contributed by atoms with Crippen LogP contribution in [0.4, 0.5) is 10.8 Å². The third-order valence-electron chi connectivity index (χ3n) is 3.97. The SMILES string of the molecule is Cc1cccc(Nc2nnc(SCC(=O)N(C)Cc3cccs3)s2)c1C. The van der Waals surface area contributed by atoms with E-state index in [1.165, 1.54) is 39.1 Å². The number of hydrogen-bond donors (Lipinski definition) is 1. The number of benzene rings is 1. The Labute approximate surface area is 165 Å². The Bertz CT molecular complexity index is 876. The normalized spacial score (nSPS) is 10.7. The summed E-state index contributed by atoms with van der Waals surface area (Å²) in [6.07, 6.45) is 0. The summed E-state index contributed by atoms with van der Waals surface area (Å²) in [5, 5.41) is 14.4. The number of carbonyl (C=O) groups is 1. The number of hydrogen-bond acceptors (Lipinski definition) is 7. The number of carbonyl (C=O) groups excluding carboxylic acids is 1. The monoisotopic (exact) mass is 404 g/mol. The van der Waals surface area contributed by atoms with Gasteiger partial charge in [0.25, 0.3) is 0 Å². The summed E-state index contributed by atoms with van der Waals surface area (Å²) in [5.74, 6) is 0.447. The summed E-state index contributed by atoms with van der Waals surface area (Å²) in [4.78, 5) is 15.2. The molecule has 0 aliphatic heterocycles. The van der Waals surface area contributed by atoms with Crippen LogP contribution in [0.25, 0.3) is 0 Å². The van der Waals surface area contributed by atoms with Crippen LogP contribution in [0.1, 0.15) is 16.0 Å². The van der Waals surface area contributed by atoms with E-state index >= 15 is 0 Å². The molecule has 0 aliphatic carbocycles. The summed E-state index contributed by atoms with van der Waals surface area (Å²) in [6, 6.07) is 10.2. The maximum atomic E-state index is 12.3. The van der Waals surface area contributed by atoms with E-state index in [4.69, 9.17) is 0 Å². The fourth-order valence-corrected chi connectivity index (χ4v) is 4.74. The molecule has 0 atom stereocenters. The van der Waals surface area contributed by atoms with Crippen LogP contribution in [0.3, 0.4) is 0 Å². The molecule has 5 nitrogen and oxygen atoms in total. The molecular weight excluding hydrogens is 384 g/mol. The largest absolute Gasteiger partial charge is 0.340 e. The fourth-order valence-electron chi connectivity index (χ4n) is 2.28. The Hall–Kier alpha value is -1.90. The minimum Gasteiger partial charge on any atom is -0.340 e. The van der Waals surface area contributed by atoms with Crippen LogP contribution in [-0.4, -0.2) is 33.8 Å². The van der Waals surface area contributed by atoms with Gasteiger partial charge in [-0.15, -0.1) is 21.5 Å². The number of anilines is 2. The molecule has 0 spiro atoms. The number of aromatic nitrogens is 2. The second-order valence-corrected chi connectivity index (χ2v) is 9.10. The average Bonchev–Trinajstić information content (AvgIpc) is 3.29. The maximum absolute atomic E-state index is 12.3. The highest BCUT2D eigenvalue weighted by Crippen LogP contribution is 2.29. The third-order valence-corrected chi connectivity index (χ3v) is 6.79. The first kappa shape index (κ1) is 18.9. The van der Waals surface area contributed by atoms with Gasteiger partial charge in [-0.2, -0.15) is 0 Å². The van der Waals surface area contributed by atoms with Crippen molar-refractivity contribution in [2.75, 3.05) is 18.1 Å². The van der Waals surface area contributed by atoms with Gasteiger partial charge in [-0.25, -0.2) is 0 Å². The molecule has 1 aromatic carbocycles. The molecular formula is C18H20N4OS3. The second kappa shape index (κ2) is 8.66. The highest BCUT2D eigenvalue weighted by Gasteiger charge is 2.13. The van der Waals surface area contributed by atoms with E-state index in [0.717, 1.165) is 15.2 Å². The van der Waals surface area contributed by atoms with Crippen LogP contribution in [0.2, 0.25) is 0 Å². The summed E-state index contributed by atoms with van der Waals surface area (Å²) in [5.41, 5.74) is 3.46. The van der Waals surface area contributed by atoms with Gasteiger partial charge in [0, 0.05) is 17.6 Å². The zero-order chi connectivity index (χ0) is 18.5. The van der Waals surface area contributed by atoms with Gasteiger partial charge in [0.1, 0.15) is 0 Å². The summed E-state index contributed by atoms with van der Waals surface area (Å²) in [6.45, 7) is 4.81. The lowest BCUT2D eigenvalue weighted by molar-refractivity contribution is -0.127. The third kappa shape index (κ3) is 4.84. The standard InChI is InChI=1S/C18H20N4OS3/c1-12-6-4-8-15(13(12)2)19-17-20-21-18(26-17)25-11-16(23)22(3)10-14-7-5-9-24-14/h4-9H,10-11H2,1-3H3,(H,19,20). The molecule has 2 heterocycles. The van der Waals surface area contributed by atoms with Crippen molar-refractivity contribution in [2.45, 2.75) is 24.7 Å². The number of amides is 1. The number of thiophene rings is 1. The van der Waals surface area contributed by atoms with Crippen molar-refractivity contribution in [3.8, 4) is 0 Å². The predicted octanol–water partition coefficient (Wildman–Crippen LogP) is 4.71. The molecule has 1 amide bonds. The van der Waals surface area contributed by atoms with E-state index in [0.29, 0.717) is 12.3 Å². The highest BCUT2D eigenvalue weighted by molar-refractivity contribution is 8.01. The molecule has 0 aliphatic rings. The molecule has 0 bridgehead atoms. The molecule has 0 saturated heterocycles. The van der Waals surface area contributed by atoms with Crippen molar-refractivity contribution in [2.24, 2.45) is 0 Å². The lowest BCUT2D eigenvalue weighted by Crippen LogP contribution is -2.27. The summed E-state index contributed by atoms with van der Waals surface area (Å²) >= 11 is 4.55. The van der Waals surface area contributed by atoms with E-state index in [9.17, 15) is 4.79 Å². The van der Waals surface area contributed by atoms with Crippen molar-refractivity contribution in [1.29, 1.82) is 0 Å². The van der Waals surface area contributed by atoms with Crippen LogP contribution in [-0.2, 0) is 11.3 Å². The predicted molar refractivity (Wildman–Crippen MR) is 111 cm³/mol. The molecule has 3 aromatic rings. The molecule has 3 rings (SSSR count). The van der Waals surface area contributed by atoms with Gasteiger partial charge in [0.2, 0.25) is 11.0 Å². The molecule has 8 heteroatoms. The van der Waals surface area contributed by atoms with Gasteiger partial charge in [0.15, 0.2) is 4.34 Å². The molecule has 136 valence electrons. The van der Waals surface area contributed by atoms with Gasteiger partial charge in [0.05, 0.1) is 12.3 Å². The smallest absolute Gasteiger partial charge is 0.233 e. The first-order chi connectivity index (χ1) is 12.5. The molecule has 1 N–H and O–H groups in total. The van der Waals surface area contributed by atoms with Gasteiger partial charge >= 0.3 is 0 Å². The zero-order valence-corrected chi connectivity index (χ0v) is 17.3. The van der Waals surface area contributed by atoms with Crippen LogP contribution < -0.4 is 5.32 Å². The number of nitrogens with one attached hydrogen (secondary N) is 1. The van der Waals surface area contributed by atoms with Crippen molar-refractivity contribution in [3.63, 3.8) is 0 Å². The van der Waals surface area contributed by atoms with E-state index in [1.54, 1.807) is 16.2 Å². The highest BCUT2D eigenvalue weighted by atomic mass is 32.2. The summed E-state index contributed by atoms with van der Waals surface area (Å²) in [7, 11) is 1.83. The quantitative estimate of drug-likeness (QED) is 0.578. The van der Waals surface area contributed by atoms with E-state index in [-0.39, 0.29) is 5.91 Å². The number of aryl methyl sites for hydroxylation is 1. The van der Waals surface area contributed by atoms with Crippen molar-refractivity contribution < 1.29 is 4.79 Å². The van der Waals surface area contributed by atoms with Crippen LogP contribution >= 0.6 is 34.4 Å². The first-order valence-corrected chi connectivity index (χ1v) is 10.8. The van der Waals surface area contributed by atoms with E-state index in [2.05, 4.69) is 35.4 Å². The number of nitrogens with zero attached hydrogens (tertiary/aromatic N) is 3. The Morgan fingerprint density at radius 3 is 2.85 bits per heavy atom. The van der Waals surface area contributed by atoms with E-state index in [1.807, 2.05) is 36.7 Å². The minimum absolute atomic E-state index is 0.0858. The lowest BCUT2D eigenvalue weighted by Gasteiger charge is -2.15. The van der Waals surface area contributed by atoms with Crippen molar-refractivity contribution >= 4 is 51.2 Å². The number of rotatable bonds is 7. The Balaban J connectivity index is 1.53. The summed E-state index contributed by atoms with van der Waals surface area (Å²) < 4.78 is 0.788. The first-order valence-electron chi connectivity index (χ1n) is 8.09. The van der Waals surface area contributed by atoms with Crippen LogP contribution in [0.15, 0.2) is 40.1 Å². The van der Waals surface area contributed by atoms with Crippen molar-refractivity contribution in [1.82, 2.24) is 15.1 Å². The average molecular weight is 405 g/mol. The fraction of sp³-hybridized carbons (Fsp3) is 0.278. The molecule has 0 fully saturated rings. The van der Waals surface area contributed by atoms with Gasteiger partial charge in [-0.05, 0) is 42.5 Å². The lowest BCUT2D eigenvalue weighted by atomic mass is 10.1. The number of thioether (sulfide) groups is 1. The molecule has 26 heavy (non-hydrogen) atoms. The molecule has 0 saturated carbocycles. The topological polar surface area (TPSA) is 58.1 Å². The molecule has 0 unspecified atom stereocenters. The Morgan fingerprint density at radius 2 is 2.08 bits per heavy atom. The minimum atomic E-state index is 0.0858. The van der Waals surface area contributed by atoms with Gasteiger partial charge in [-0.3, -0.25) is 4.79 Å². The zero-order valence-electron chi connectivity index (χ0n) is 14.9. The van der Waals surface area contributed by atoms with Gasteiger partial charge < -0.3 is 10.2 Å². The van der Waals surface area contributed by atoms with Gasteiger partial charge in [-0.1, -0.05) is 41.3 Å².